The zero-order valence-electron chi connectivity index (χ0n) is 8.83. The molecule has 1 saturated heterocycles. The Kier molecular flexibility index (Phi) is 3.06. The van der Waals surface area contributed by atoms with Gasteiger partial charge in [-0.05, 0) is 6.07 Å². The molecule has 16 heavy (non-hydrogen) atoms. The second kappa shape index (κ2) is 4.34. The molecule has 0 amide bonds. The smallest absolute Gasteiger partial charge is 0.225 e. The summed E-state index contributed by atoms with van der Waals surface area (Å²) in [7, 11) is -2.86. The average molecular weight is 242 g/mol. The topological polar surface area (TPSA) is 89.2 Å². The first-order valence-corrected chi connectivity index (χ1v) is 6.90. The maximum Gasteiger partial charge on any atom is 0.225 e. The number of sulfone groups is 1. The van der Waals surface area contributed by atoms with Gasteiger partial charge in [-0.25, -0.2) is 18.4 Å². The Morgan fingerprint density at radius 2 is 2.06 bits per heavy atom. The summed E-state index contributed by atoms with van der Waals surface area (Å²) in [5.41, 5.74) is 6.25. The van der Waals surface area contributed by atoms with Gasteiger partial charge in [-0.1, -0.05) is 0 Å². The van der Waals surface area contributed by atoms with Crippen molar-refractivity contribution in [2.24, 2.45) is 5.73 Å². The van der Waals surface area contributed by atoms with E-state index in [1.165, 1.54) is 0 Å². The first kappa shape index (κ1) is 11.3. The van der Waals surface area contributed by atoms with Gasteiger partial charge in [0.2, 0.25) is 5.95 Å². The number of rotatable bonds is 2. The Morgan fingerprint density at radius 1 is 1.38 bits per heavy atom. The largest absolute Gasteiger partial charge is 0.339 e. The van der Waals surface area contributed by atoms with Gasteiger partial charge in [-0.3, -0.25) is 0 Å². The highest BCUT2D eigenvalue weighted by Crippen LogP contribution is 2.11. The number of nitrogens with zero attached hydrogens (tertiary/aromatic N) is 3. The highest BCUT2D eigenvalue weighted by atomic mass is 32.2. The first-order valence-electron chi connectivity index (χ1n) is 5.08. The van der Waals surface area contributed by atoms with Crippen LogP contribution in [-0.4, -0.2) is 43.0 Å². The summed E-state index contributed by atoms with van der Waals surface area (Å²) in [5, 5.41) is 0. The predicted molar refractivity (Wildman–Crippen MR) is 60.8 cm³/mol. The van der Waals surface area contributed by atoms with Gasteiger partial charge in [0.15, 0.2) is 9.84 Å². The highest BCUT2D eigenvalue weighted by Gasteiger charge is 2.23. The van der Waals surface area contributed by atoms with E-state index in [4.69, 9.17) is 5.73 Å². The van der Waals surface area contributed by atoms with Crippen LogP contribution in [0, 0.1) is 0 Å². The van der Waals surface area contributed by atoms with Gasteiger partial charge in [-0.2, -0.15) is 0 Å². The third-order valence-electron chi connectivity index (χ3n) is 2.54. The van der Waals surface area contributed by atoms with E-state index >= 15 is 0 Å². The van der Waals surface area contributed by atoms with Crippen LogP contribution < -0.4 is 10.6 Å². The third-order valence-corrected chi connectivity index (χ3v) is 4.15. The summed E-state index contributed by atoms with van der Waals surface area (Å²) < 4.78 is 22.5. The van der Waals surface area contributed by atoms with Gasteiger partial charge >= 0.3 is 0 Å². The molecule has 0 unspecified atom stereocenters. The molecule has 0 radical (unpaired) electrons. The van der Waals surface area contributed by atoms with Crippen molar-refractivity contribution in [2.45, 2.75) is 6.54 Å². The summed E-state index contributed by atoms with van der Waals surface area (Å²) in [4.78, 5) is 10.3. The highest BCUT2D eigenvalue weighted by molar-refractivity contribution is 7.91. The number of anilines is 1. The van der Waals surface area contributed by atoms with E-state index in [-0.39, 0.29) is 11.5 Å². The van der Waals surface area contributed by atoms with E-state index < -0.39 is 9.84 Å². The molecule has 1 fully saturated rings. The molecule has 1 aromatic heterocycles. The van der Waals surface area contributed by atoms with Gasteiger partial charge in [0.1, 0.15) is 0 Å². The molecule has 1 aliphatic rings. The van der Waals surface area contributed by atoms with Crippen LogP contribution in [0.1, 0.15) is 5.69 Å². The first-order chi connectivity index (χ1) is 7.61. The number of aromatic nitrogens is 2. The van der Waals surface area contributed by atoms with E-state index in [1.54, 1.807) is 12.3 Å². The standard InChI is InChI=1S/C9H14N4O2S/c10-7-8-1-2-11-9(12-8)13-3-5-16(14,15)6-4-13/h1-2H,3-7,10H2. The lowest BCUT2D eigenvalue weighted by molar-refractivity contribution is 0.585. The van der Waals surface area contributed by atoms with Crippen molar-refractivity contribution in [3.8, 4) is 0 Å². The molecule has 0 spiro atoms. The van der Waals surface area contributed by atoms with Crippen molar-refractivity contribution >= 4 is 15.8 Å². The van der Waals surface area contributed by atoms with Crippen molar-refractivity contribution in [2.75, 3.05) is 29.5 Å². The fraction of sp³-hybridized carbons (Fsp3) is 0.556. The fourth-order valence-corrected chi connectivity index (χ4v) is 2.76. The van der Waals surface area contributed by atoms with E-state index in [0.29, 0.717) is 25.6 Å². The van der Waals surface area contributed by atoms with Crippen LogP contribution >= 0.6 is 0 Å². The number of nitrogens with two attached hydrogens (primary N) is 1. The van der Waals surface area contributed by atoms with E-state index in [9.17, 15) is 8.42 Å². The predicted octanol–water partition coefficient (Wildman–Crippen LogP) is -0.830. The molecule has 88 valence electrons. The second-order valence-corrected chi connectivity index (χ2v) is 5.99. The van der Waals surface area contributed by atoms with Crippen molar-refractivity contribution in [1.82, 2.24) is 9.97 Å². The van der Waals surface area contributed by atoms with Crippen molar-refractivity contribution in [3.05, 3.63) is 18.0 Å². The lowest BCUT2D eigenvalue weighted by atomic mass is 10.4. The molecular weight excluding hydrogens is 228 g/mol. The van der Waals surface area contributed by atoms with E-state index in [1.807, 2.05) is 4.90 Å². The molecule has 7 heteroatoms. The fourth-order valence-electron chi connectivity index (χ4n) is 1.56. The lowest BCUT2D eigenvalue weighted by Crippen LogP contribution is -2.41. The molecule has 1 aliphatic heterocycles. The quantitative estimate of drug-likeness (QED) is 0.728. The van der Waals surface area contributed by atoms with Crippen molar-refractivity contribution in [1.29, 1.82) is 0 Å². The molecule has 2 N–H and O–H groups in total. The molecule has 0 bridgehead atoms. The van der Waals surface area contributed by atoms with Crippen molar-refractivity contribution in [3.63, 3.8) is 0 Å². The minimum Gasteiger partial charge on any atom is -0.339 e. The van der Waals surface area contributed by atoms with E-state index in [2.05, 4.69) is 9.97 Å². The Morgan fingerprint density at radius 3 is 2.69 bits per heavy atom. The maximum absolute atomic E-state index is 11.3. The summed E-state index contributed by atoms with van der Waals surface area (Å²) in [6.45, 7) is 1.27. The summed E-state index contributed by atoms with van der Waals surface area (Å²) in [6.07, 6.45) is 1.65. The molecule has 0 saturated carbocycles. The van der Waals surface area contributed by atoms with Crippen LogP contribution in [0.25, 0.3) is 0 Å². The molecule has 6 nitrogen and oxygen atoms in total. The van der Waals surface area contributed by atoms with Gasteiger partial charge in [-0.15, -0.1) is 0 Å². The summed E-state index contributed by atoms with van der Waals surface area (Å²) in [6, 6.07) is 1.75. The monoisotopic (exact) mass is 242 g/mol. The molecule has 0 atom stereocenters. The Balaban J connectivity index is 2.13. The lowest BCUT2D eigenvalue weighted by Gasteiger charge is -2.26. The van der Waals surface area contributed by atoms with Gasteiger partial charge in [0, 0.05) is 25.8 Å². The Bertz CT molecular complexity index is 460. The molecule has 0 aromatic carbocycles. The zero-order valence-corrected chi connectivity index (χ0v) is 9.65. The van der Waals surface area contributed by atoms with Crippen LogP contribution in [0.2, 0.25) is 0 Å². The molecule has 2 rings (SSSR count). The third kappa shape index (κ3) is 2.48. The second-order valence-electron chi connectivity index (χ2n) is 3.69. The van der Waals surface area contributed by atoms with Crippen LogP contribution in [0.5, 0.6) is 0 Å². The minimum absolute atomic E-state index is 0.170. The molecule has 2 heterocycles. The number of hydrogen-bond acceptors (Lipinski definition) is 6. The van der Waals surface area contributed by atoms with Crippen LogP contribution in [0.15, 0.2) is 12.3 Å². The number of hydrogen-bond donors (Lipinski definition) is 1. The van der Waals surface area contributed by atoms with Crippen LogP contribution in [0.3, 0.4) is 0 Å². The maximum atomic E-state index is 11.3. The van der Waals surface area contributed by atoms with E-state index in [0.717, 1.165) is 5.69 Å². The minimum atomic E-state index is -2.86. The normalized spacial score (nSPS) is 19.7. The molecule has 0 aliphatic carbocycles. The van der Waals surface area contributed by atoms with Crippen LogP contribution in [0.4, 0.5) is 5.95 Å². The SMILES string of the molecule is NCc1ccnc(N2CCS(=O)(=O)CC2)n1. The zero-order chi connectivity index (χ0) is 11.6. The van der Waals surface area contributed by atoms with Gasteiger partial charge < -0.3 is 10.6 Å². The van der Waals surface area contributed by atoms with Gasteiger partial charge in [0.05, 0.1) is 17.2 Å². The Hall–Kier alpha value is -1.21. The summed E-state index contributed by atoms with van der Waals surface area (Å²) >= 11 is 0. The molecular formula is C9H14N4O2S. The van der Waals surface area contributed by atoms with Gasteiger partial charge in [0.25, 0.3) is 0 Å². The summed E-state index contributed by atoms with van der Waals surface area (Å²) in [5.74, 6) is 0.907. The average Bonchev–Trinajstić information content (AvgIpc) is 2.29. The van der Waals surface area contributed by atoms with Crippen molar-refractivity contribution < 1.29 is 8.42 Å². The van der Waals surface area contributed by atoms with Crippen LogP contribution in [-0.2, 0) is 16.4 Å². The molecule has 1 aromatic rings. The Labute approximate surface area is 94.4 Å².